The Morgan fingerprint density at radius 1 is 1.25 bits per heavy atom. The highest BCUT2D eigenvalue weighted by Gasteiger charge is 2.22. The van der Waals surface area contributed by atoms with Crippen LogP contribution in [0.4, 0.5) is 4.79 Å². The molecule has 0 aliphatic carbocycles. The number of carbonyl (C=O) groups excluding carboxylic acids is 2. The molecule has 0 saturated heterocycles. The molecule has 0 fully saturated rings. The zero-order chi connectivity index (χ0) is 15.2. The van der Waals surface area contributed by atoms with Crippen LogP contribution in [0.1, 0.15) is 32.8 Å². The minimum atomic E-state index is -0.731. The zero-order valence-corrected chi connectivity index (χ0v) is 12.2. The number of aryl methyl sites for hydroxylation is 1. The number of alkyl carbamates (subject to hydrolysis) is 1. The van der Waals surface area contributed by atoms with E-state index in [0.29, 0.717) is 12.8 Å². The molecule has 2 amide bonds. The van der Waals surface area contributed by atoms with E-state index in [4.69, 9.17) is 10.5 Å². The molecule has 5 heteroatoms. The van der Waals surface area contributed by atoms with Crippen molar-refractivity contribution in [2.24, 2.45) is 5.73 Å². The van der Waals surface area contributed by atoms with Gasteiger partial charge < -0.3 is 15.8 Å². The van der Waals surface area contributed by atoms with Crippen molar-refractivity contribution >= 4 is 12.0 Å². The lowest BCUT2D eigenvalue weighted by Gasteiger charge is -2.22. The summed E-state index contributed by atoms with van der Waals surface area (Å²) in [5.41, 5.74) is 5.79. The zero-order valence-electron chi connectivity index (χ0n) is 12.2. The van der Waals surface area contributed by atoms with Crippen LogP contribution in [0.5, 0.6) is 0 Å². The third-order valence-corrected chi connectivity index (χ3v) is 2.60. The van der Waals surface area contributed by atoms with E-state index >= 15 is 0 Å². The van der Waals surface area contributed by atoms with Gasteiger partial charge in [-0.05, 0) is 39.2 Å². The van der Waals surface area contributed by atoms with Gasteiger partial charge in [0.15, 0.2) is 0 Å². The molecule has 1 atom stereocenters. The van der Waals surface area contributed by atoms with Crippen LogP contribution >= 0.6 is 0 Å². The number of nitrogens with two attached hydrogens (primary N) is 1. The van der Waals surface area contributed by atoms with E-state index in [9.17, 15) is 9.59 Å². The summed E-state index contributed by atoms with van der Waals surface area (Å²) >= 11 is 0. The number of rotatable bonds is 5. The second-order valence-corrected chi connectivity index (χ2v) is 5.63. The molecule has 20 heavy (non-hydrogen) atoms. The molecule has 3 N–H and O–H groups in total. The molecule has 0 aliphatic heterocycles. The summed E-state index contributed by atoms with van der Waals surface area (Å²) in [6.07, 6.45) is 0.470. The van der Waals surface area contributed by atoms with Crippen LogP contribution in [0.3, 0.4) is 0 Å². The molecule has 1 rings (SSSR count). The lowest BCUT2D eigenvalue weighted by atomic mass is 10.1. The van der Waals surface area contributed by atoms with Crippen LogP contribution in [0, 0.1) is 0 Å². The van der Waals surface area contributed by atoms with Crippen molar-refractivity contribution < 1.29 is 14.3 Å². The summed E-state index contributed by atoms with van der Waals surface area (Å²) in [6.45, 7) is 5.28. The number of benzene rings is 1. The van der Waals surface area contributed by atoms with Gasteiger partial charge >= 0.3 is 6.09 Å². The minimum Gasteiger partial charge on any atom is -0.444 e. The van der Waals surface area contributed by atoms with Gasteiger partial charge in [0.25, 0.3) is 0 Å². The van der Waals surface area contributed by atoms with Crippen molar-refractivity contribution in [3.8, 4) is 0 Å². The first-order chi connectivity index (χ1) is 9.28. The summed E-state index contributed by atoms with van der Waals surface area (Å²) in [5, 5.41) is 2.51. The van der Waals surface area contributed by atoms with Crippen molar-refractivity contribution in [2.75, 3.05) is 0 Å². The Morgan fingerprint density at radius 3 is 2.35 bits per heavy atom. The van der Waals surface area contributed by atoms with E-state index in [1.807, 2.05) is 30.3 Å². The van der Waals surface area contributed by atoms with Gasteiger partial charge in [-0.2, -0.15) is 0 Å². The number of hydrogen-bond donors (Lipinski definition) is 2. The second kappa shape index (κ2) is 6.93. The molecule has 1 unspecified atom stereocenters. The minimum absolute atomic E-state index is 0.443. The lowest BCUT2D eigenvalue weighted by molar-refractivity contribution is -0.120. The van der Waals surface area contributed by atoms with E-state index in [-0.39, 0.29) is 0 Å². The average molecular weight is 278 g/mol. The van der Waals surface area contributed by atoms with Crippen LogP contribution in [0.25, 0.3) is 0 Å². The molecular formula is C15H22N2O3. The summed E-state index contributed by atoms with van der Waals surface area (Å²) in [7, 11) is 0. The summed E-state index contributed by atoms with van der Waals surface area (Å²) in [6, 6.07) is 8.97. The number of carbonyl (C=O) groups is 2. The molecule has 0 aromatic heterocycles. The van der Waals surface area contributed by atoms with Crippen LogP contribution < -0.4 is 11.1 Å². The molecular weight excluding hydrogens is 256 g/mol. The number of amides is 2. The summed E-state index contributed by atoms with van der Waals surface area (Å²) < 4.78 is 5.11. The summed E-state index contributed by atoms with van der Waals surface area (Å²) in [4.78, 5) is 23.0. The Morgan fingerprint density at radius 2 is 1.85 bits per heavy atom. The van der Waals surface area contributed by atoms with E-state index < -0.39 is 23.6 Å². The third-order valence-electron chi connectivity index (χ3n) is 2.60. The normalized spacial score (nSPS) is 12.6. The van der Waals surface area contributed by atoms with Crippen LogP contribution in [-0.4, -0.2) is 23.6 Å². The number of primary amides is 1. The van der Waals surface area contributed by atoms with E-state index in [1.54, 1.807) is 20.8 Å². The third kappa shape index (κ3) is 6.22. The predicted octanol–water partition coefficient (Wildman–Crippen LogP) is 2.00. The molecule has 1 aromatic rings. The Bertz CT molecular complexity index is 452. The van der Waals surface area contributed by atoms with Gasteiger partial charge in [-0.25, -0.2) is 4.79 Å². The first-order valence-electron chi connectivity index (χ1n) is 6.61. The molecule has 1 aromatic carbocycles. The maximum atomic E-state index is 11.6. The molecule has 0 heterocycles. The highest BCUT2D eigenvalue weighted by Crippen LogP contribution is 2.08. The van der Waals surface area contributed by atoms with Gasteiger partial charge in [0.1, 0.15) is 11.6 Å². The first-order valence-corrected chi connectivity index (χ1v) is 6.61. The number of hydrogen-bond acceptors (Lipinski definition) is 3. The second-order valence-electron chi connectivity index (χ2n) is 5.63. The monoisotopic (exact) mass is 278 g/mol. The van der Waals surface area contributed by atoms with E-state index in [1.165, 1.54) is 0 Å². The topological polar surface area (TPSA) is 81.4 Å². The maximum Gasteiger partial charge on any atom is 0.408 e. The highest BCUT2D eigenvalue weighted by atomic mass is 16.6. The standard InChI is InChI=1S/C15H22N2O3/c1-15(2,3)20-14(19)17-12(13(16)18)10-9-11-7-5-4-6-8-11/h4-8,12H,9-10H2,1-3H3,(H2,16,18)(H,17,19). The molecule has 5 nitrogen and oxygen atoms in total. The van der Waals surface area contributed by atoms with Crippen LogP contribution in [0.2, 0.25) is 0 Å². The fourth-order valence-electron chi connectivity index (χ4n) is 1.69. The van der Waals surface area contributed by atoms with Crippen LogP contribution in [0.15, 0.2) is 30.3 Å². The number of nitrogens with one attached hydrogen (secondary N) is 1. The fraction of sp³-hybridized carbons (Fsp3) is 0.467. The number of ether oxygens (including phenoxy) is 1. The van der Waals surface area contributed by atoms with Crippen molar-refractivity contribution in [3.05, 3.63) is 35.9 Å². The maximum absolute atomic E-state index is 11.6. The quantitative estimate of drug-likeness (QED) is 0.864. The molecule has 0 bridgehead atoms. The molecule has 0 radical (unpaired) electrons. The summed E-state index contributed by atoms with van der Waals surface area (Å²) in [5.74, 6) is -0.563. The molecule has 0 saturated carbocycles. The van der Waals surface area contributed by atoms with Gasteiger partial charge in [0, 0.05) is 0 Å². The average Bonchev–Trinajstić information content (AvgIpc) is 2.33. The Labute approximate surface area is 119 Å². The SMILES string of the molecule is CC(C)(C)OC(=O)NC(CCc1ccccc1)C(N)=O. The van der Waals surface area contributed by atoms with Crippen LogP contribution in [-0.2, 0) is 16.0 Å². The smallest absolute Gasteiger partial charge is 0.408 e. The fourth-order valence-corrected chi connectivity index (χ4v) is 1.69. The van der Waals surface area contributed by atoms with Crippen molar-refractivity contribution in [1.29, 1.82) is 0 Å². The lowest BCUT2D eigenvalue weighted by Crippen LogP contribution is -2.46. The molecule has 110 valence electrons. The van der Waals surface area contributed by atoms with Gasteiger partial charge in [0.2, 0.25) is 5.91 Å². The predicted molar refractivity (Wildman–Crippen MR) is 77.1 cm³/mol. The molecule has 0 aliphatic rings. The van der Waals surface area contributed by atoms with Crippen molar-refractivity contribution in [3.63, 3.8) is 0 Å². The Kier molecular flexibility index (Phi) is 5.55. The van der Waals surface area contributed by atoms with Gasteiger partial charge in [-0.15, -0.1) is 0 Å². The largest absolute Gasteiger partial charge is 0.444 e. The van der Waals surface area contributed by atoms with Gasteiger partial charge in [0.05, 0.1) is 0 Å². The van der Waals surface area contributed by atoms with E-state index in [0.717, 1.165) is 5.56 Å². The van der Waals surface area contributed by atoms with Crippen molar-refractivity contribution in [2.45, 2.75) is 45.3 Å². The molecule has 0 spiro atoms. The van der Waals surface area contributed by atoms with Crippen molar-refractivity contribution in [1.82, 2.24) is 5.32 Å². The van der Waals surface area contributed by atoms with Gasteiger partial charge in [-0.3, -0.25) is 4.79 Å². The Balaban J connectivity index is 2.53. The highest BCUT2D eigenvalue weighted by molar-refractivity contribution is 5.84. The Hall–Kier alpha value is -2.04. The van der Waals surface area contributed by atoms with Gasteiger partial charge in [-0.1, -0.05) is 30.3 Å². The first kappa shape index (κ1) is 16.0. The van der Waals surface area contributed by atoms with E-state index in [2.05, 4.69) is 5.32 Å².